The van der Waals surface area contributed by atoms with Crippen molar-refractivity contribution in [2.45, 2.75) is 180 Å². The van der Waals surface area contributed by atoms with Crippen molar-refractivity contribution >= 4 is 14.3 Å². The van der Waals surface area contributed by atoms with Gasteiger partial charge in [0.25, 0.3) is 0 Å². The fourth-order valence-electron chi connectivity index (χ4n) is 13.2. The average molecular weight is 774 g/mol. The summed E-state index contributed by atoms with van der Waals surface area (Å²) >= 11 is 0. The van der Waals surface area contributed by atoms with E-state index in [0.29, 0.717) is 23.9 Å². The maximum atomic E-state index is 15.2. The number of hydrogen-bond acceptors (Lipinski definition) is 6. The number of para-hydroxylation sites is 1. The minimum atomic E-state index is -2.18. The Hall–Kier alpha value is -2.69. The first-order valence-electron chi connectivity index (χ1n) is 21.4. The highest BCUT2D eigenvalue weighted by molar-refractivity contribution is 6.74. The van der Waals surface area contributed by atoms with Crippen LogP contribution in [-0.2, 0) is 29.8 Å². The Bertz CT molecular complexity index is 1990. The van der Waals surface area contributed by atoms with E-state index in [1.807, 2.05) is 53.5 Å². The van der Waals surface area contributed by atoms with Crippen LogP contribution in [0.2, 0.25) is 18.1 Å². The van der Waals surface area contributed by atoms with E-state index in [9.17, 15) is 4.79 Å². The summed E-state index contributed by atoms with van der Waals surface area (Å²) < 4.78 is 25.0. The van der Waals surface area contributed by atoms with Crippen LogP contribution in [0.3, 0.4) is 0 Å². The number of aromatic nitrogens is 3. The number of unbranched alkanes of at least 4 members (excludes halogenated alkanes) is 2. The second-order valence-corrected chi connectivity index (χ2v) is 25.9. The summed E-state index contributed by atoms with van der Waals surface area (Å²) in [6, 6.07) is 9.52. The smallest absolute Gasteiger partial charge is 0.352 e. The van der Waals surface area contributed by atoms with Crippen molar-refractivity contribution in [3.8, 4) is 5.69 Å². The predicted molar refractivity (Wildman–Crippen MR) is 218 cm³/mol. The maximum absolute atomic E-state index is 15.2. The molecule has 9 nitrogen and oxygen atoms in total. The van der Waals surface area contributed by atoms with Crippen molar-refractivity contribution < 1.29 is 18.7 Å². The first kappa shape index (κ1) is 39.1. The van der Waals surface area contributed by atoms with Gasteiger partial charge in [-0.05, 0) is 112 Å². The second kappa shape index (κ2) is 12.7. The molecule has 3 saturated carbocycles. The second-order valence-electron chi connectivity index (χ2n) is 21.2. The SMILES string of the molecule is CC(=O)OC(C)(C)CCCCC[C@@H](C)[C@H]1CC[C@@H]2[C@]1(C)CC[C@H]1[C@]23C=C[C@]2(C[C@@H](O[Si](C)(C)C(C)(C)C)[C@@H]4O[C@@H]4[C@]12C)n1c(=O)n(-c2ccccc2)c(=O)n13. The molecule has 7 aliphatic rings. The van der Waals surface area contributed by atoms with E-state index in [4.69, 9.17) is 13.9 Å². The van der Waals surface area contributed by atoms with Crippen molar-refractivity contribution in [3.63, 3.8) is 0 Å². The third kappa shape index (κ3) is 5.45. The van der Waals surface area contributed by atoms with E-state index in [0.717, 1.165) is 57.8 Å². The van der Waals surface area contributed by atoms with Gasteiger partial charge in [0, 0.05) is 18.8 Å². The molecule has 11 atom stereocenters. The minimum Gasteiger partial charge on any atom is -0.460 e. The molecular weight excluding hydrogens is 707 g/mol. The van der Waals surface area contributed by atoms with Gasteiger partial charge >= 0.3 is 17.3 Å². The molecule has 10 heteroatoms. The van der Waals surface area contributed by atoms with Gasteiger partial charge in [-0.2, -0.15) is 0 Å². The zero-order valence-corrected chi connectivity index (χ0v) is 36.4. The van der Waals surface area contributed by atoms with Crippen LogP contribution in [0.5, 0.6) is 0 Å². The molecule has 0 unspecified atom stereocenters. The number of rotatable bonds is 11. The number of carbonyl (C=O) groups excluding carboxylic acids is 1. The Balaban J connectivity index is 1.17. The Kier molecular flexibility index (Phi) is 9.01. The Labute approximate surface area is 329 Å². The van der Waals surface area contributed by atoms with Crippen LogP contribution in [0.4, 0.5) is 0 Å². The number of hydrogen-bond donors (Lipinski definition) is 0. The normalized spacial score (nSPS) is 37.7. The average Bonchev–Trinajstić information content (AvgIpc) is 3.76. The van der Waals surface area contributed by atoms with Gasteiger partial charge in [0.2, 0.25) is 0 Å². The first-order chi connectivity index (χ1) is 25.7. The lowest BCUT2D eigenvalue weighted by Gasteiger charge is -2.70. The summed E-state index contributed by atoms with van der Waals surface area (Å²) in [6.45, 7) is 24.3. The van der Waals surface area contributed by atoms with Crippen LogP contribution in [0, 0.1) is 34.5 Å². The lowest BCUT2D eigenvalue weighted by Crippen LogP contribution is -2.78. The van der Waals surface area contributed by atoms with E-state index in [1.165, 1.54) is 11.5 Å². The van der Waals surface area contributed by atoms with E-state index in [1.54, 1.807) is 0 Å². The largest absolute Gasteiger partial charge is 0.460 e. The predicted octanol–water partition coefficient (Wildman–Crippen LogP) is 8.71. The quantitative estimate of drug-likeness (QED) is 0.0746. The van der Waals surface area contributed by atoms with Crippen molar-refractivity contribution in [3.05, 3.63) is 63.5 Å². The van der Waals surface area contributed by atoms with Gasteiger partial charge in [0.1, 0.15) is 11.7 Å². The molecule has 1 saturated heterocycles. The monoisotopic (exact) mass is 773 g/mol. The van der Waals surface area contributed by atoms with E-state index in [2.05, 4.69) is 66.8 Å². The van der Waals surface area contributed by atoms with Crippen molar-refractivity contribution in [2.75, 3.05) is 0 Å². The van der Waals surface area contributed by atoms with Crippen molar-refractivity contribution in [1.82, 2.24) is 13.9 Å². The molecule has 4 aliphatic carbocycles. The van der Waals surface area contributed by atoms with Crippen molar-refractivity contribution in [1.29, 1.82) is 0 Å². The number of fused-ring (bicyclic) bond motifs is 2. The van der Waals surface area contributed by atoms with Crippen LogP contribution in [0.1, 0.15) is 127 Å². The fraction of sp³-hybridized carbons (Fsp3) is 0.756. The standard InChI is InChI=1S/C45H67N3O6Si/c1-29(18-14-13-17-24-41(6,7)53-30(2)49)32-21-22-34-42(32,8)25-23-35-43(9)37-36(52-37)33(54-55(10,11)40(3,4)5)28-44(43)26-27-45(34,35)48-39(51)46(38(50)47(44)48)31-19-15-12-16-20-31/h12,15-16,19-20,26-27,29,32-37H,13-14,17-18,21-25,28H2,1-11H3/t29-,32-,33-,34-,35-,36+,37+,42-,43+,44-,45+/m1/s1. The van der Waals surface area contributed by atoms with Crippen LogP contribution < -0.4 is 11.4 Å². The van der Waals surface area contributed by atoms with E-state index in [-0.39, 0.29) is 63.4 Å². The third-order valence-electron chi connectivity index (χ3n) is 16.8. The molecule has 55 heavy (non-hydrogen) atoms. The molecule has 9 rings (SSSR count). The first-order valence-corrected chi connectivity index (χ1v) is 24.3. The van der Waals surface area contributed by atoms with Crippen LogP contribution in [0.25, 0.3) is 5.69 Å². The molecule has 302 valence electrons. The van der Waals surface area contributed by atoms with Crippen molar-refractivity contribution in [2.24, 2.45) is 34.5 Å². The lowest BCUT2D eigenvalue weighted by atomic mass is 9.40. The lowest BCUT2D eigenvalue weighted by molar-refractivity contribution is -0.194. The number of esters is 1. The van der Waals surface area contributed by atoms with Gasteiger partial charge in [0.05, 0.1) is 29.0 Å². The highest BCUT2D eigenvalue weighted by Crippen LogP contribution is 2.76. The molecule has 4 heterocycles. The highest BCUT2D eigenvalue weighted by Gasteiger charge is 2.81. The summed E-state index contributed by atoms with van der Waals surface area (Å²) in [5.74, 6) is 1.24. The summed E-state index contributed by atoms with van der Waals surface area (Å²) in [5.41, 5.74) is -1.99. The van der Waals surface area contributed by atoms with Crippen LogP contribution in [-0.4, -0.2) is 52.1 Å². The Morgan fingerprint density at radius 2 is 1.64 bits per heavy atom. The molecule has 2 spiro atoms. The van der Waals surface area contributed by atoms with E-state index >= 15 is 9.59 Å². The number of epoxide rings is 1. The summed E-state index contributed by atoms with van der Waals surface area (Å²) in [7, 11) is -2.18. The highest BCUT2D eigenvalue weighted by atomic mass is 28.4. The molecule has 3 aliphatic heterocycles. The summed E-state index contributed by atoms with van der Waals surface area (Å²) in [4.78, 5) is 41.9. The Morgan fingerprint density at radius 1 is 0.945 bits per heavy atom. The molecule has 2 bridgehead atoms. The van der Waals surface area contributed by atoms with Gasteiger partial charge < -0.3 is 13.9 Å². The van der Waals surface area contributed by atoms with Gasteiger partial charge in [-0.1, -0.05) is 91.2 Å². The Morgan fingerprint density at radius 3 is 2.31 bits per heavy atom. The molecule has 4 fully saturated rings. The number of ether oxygens (including phenoxy) is 2. The molecule has 1 aromatic carbocycles. The molecule has 0 radical (unpaired) electrons. The number of benzene rings is 1. The molecular formula is C45H67N3O6Si. The minimum absolute atomic E-state index is 0.00545. The number of allylic oxidation sites excluding steroid dienone is 2. The molecule has 0 amide bonds. The number of carbonyl (C=O) groups is 1. The molecule has 1 aromatic heterocycles. The van der Waals surface area contributed by atoms with Gasteiger partial charge in [0.15, 0.2) is 8.32 Å². The molecule has 0 N–H and O–H groups in total. The maximum Gasteiger partial charge on any atom is 0.352 e. The van der Waals surface area contributed by atoms with Gasteiger partial charge in [-0.15, -0.1) is 0 Å². The third-order valence-corrected chi connectivity index (χ3v) is 21.3. The van der Waals surface area contributed by atoms with Crippen LogP contribution >= 0.6 is 0 Å². The summed E-state index contributed by atoms with van der Waals surface area (Å²) in [6.07, 6.45) is 14.9. The van der Waals surface area contributed by atoms with Gasteiger partial charge in [-0.25, -0.2) is 23.5 Å². The van der Waals surface area contributed by atoms with Crippen LogP contribution in [0.15, 0.2) is 52.1 Å². The summed E-state index contributed by atoms with van der Waals surface area (Å²) in [5, 5.41) is 0.0294. The fourth-order valence-corrected chi connectivity index (χ4v) is 14.6. The number of nitrogens with zero attached hydrogens (tertiary/aromatic N) is 3. The molecule has 2 aromatic rings. The zero-order valence-electron chi connectivity index (χ0n) is 35.4. The van der Waals surface area contributed by atoms with E-state index < -0.39 is 25.0 Å². The zero-order chi connectivity index (χ0) is 39.7. The topological polar surface area (TPSA) is 97.0 Å². The van der Waals surface area contributed by atoms with Gasteiger partial charge in [-0.3, -0.25) is 4.79 Å².